The number of nitrogens with two attached hydrogens (primary N) is 1. The van der Waals surface area contributed by atoms with E-state index in [9.17, 15) is 4.39 Å². The number of H-pyrrole nitrogens is 1. The molecule has 1 heterocycles. The van der Waals surface area contributed by atoms with Crippen molar-refractivity contribution in [3.8, 4) is 0 Å². The van der Waals surface area contributed by atoms with E-state index in [0.29, 0.717) is 0 Å². The summed E-state index contributed by atoms with van der Waals surface area (Å²) in [5.41, 5.74) is 7.58. The lowest BCUT2D eigenvalue weighted by Gasteiger charge is -2.03. The van der Waals surface area contributed by atoms with Crippen molar-refractivity contribution in [2.24, 2.45) is 5.73 Å². The topological polar surface area (TPSA) is 41.8 Å². The largest absolute Gasteiger partial charge is 0.361 e. The second-order valence-electron chi connectivity index (χ2n) is 3.81. The quantitative estimate of drug-likeness (QED) is 0.857. The summed E-state index contributed by atoms with van der Waals surface area (Å²) in [5, 5.41) is 0.992. The van der Waals surface area contributed by atoms with E-state index in [1.807, 2.05) is 13.1 Å². The molecule has 1 atom stereocenters. The lowest BCUT2D eigenvalue weighted by atomic mass is 10.1. The Balaban J connectivity index is 0.00000128. The van der Waals surface area contributed by atoms with Crippen molar-refractivity contribution in [3.05, 3.63) is 34.7 Å². The zero-order chi connectivity index (χ0) is 11.0. The van der Waals surface area contributed by atoms with Gasteiger partial charge < -0.3 is 10.7 Å². The molecule has 0 radical (unpaired) electrons. The summed E-state index contributed by atoms with van der Waals surface area (Å²) in [6, 6.07) is 3.10. The minimum Gasteiger partial charge on any atom is -0.361 e. The molecule has 0 spiro atoms. The average molecular weight is 263 g/mol. The van der Waals surface area contributed by atoms with E-state index in [4.69, 9.17) is 17.3 Å². The molecule has 5 heteroatoms. The Bertz CT molecular complexity index is 494. The molecule has 2 aromatic rings. The third-order valence-electron chi connectivity index (χ3n) is 2.35. The van der Waals surface area contributed by atoms with Gasteiger partial charge in [-0.2, -0.15) is 0 Å². The van der Waals surface area contributed by atoms with Crippen LogP contribution in [0.3, 0.4) is 0 Å². The molecule has 88 valence electrons. The maximum atomic E-state index is 13.3. The van der Waals surface area contributed by atoms with Crippen LogP contribution in [0, 0.1) is 5.82 Å². The van der Waals surface area contributed by atoms with Gasteiger partial charge in [-0.3, -0.25) is 0 Å². The fourth-order valence-corrected chi connectivity index (χ4v) is 1.85. The van der Waals surface area contributed by atoms with Crippen LogP contribution in [0.25, 0.3) is 10.9 Å². The molecule has 0 fully saturated rings. The Morgan fingerprint density at radius 1 is 1.50 bits per heavy atom. The number of benzene rings is 1. The van der Waals surface area contributed by atoms with Crippen molar-refractivity contribution in [3.63, 3.8) is 0 Å². The Kier molecular flexibility index (Phi) is 4.19. The Morgan fingerprint density at radius 3 is 2.81 bits per heavy atom. The Hall–Kier alpha value is -0.770. The van der Waals surface area contributed by atoms with Crippen LogP contribution < -0.4 is 5.73 Å². The molecule has 1 aromatic heterocycles. The summed E-state index contributed by atoms with van der Waals surface area (Å²) < 4.78 is 13.3. The number of fused-ring (bicyclic) bond motifs is 1. The van der Waals surface area contributed by atoms with Gasteiger partial charge in [-0.05, 0) is 31.0 Å². The van der Waals surface area contributed by atoms with Crippen molar-refractivity contribution in [1.82, 2.24) is 4.98 Å². The standard InChI is InChI=1S/C11H12ClFN2.ClH/c1-6(14)2-7-5-15-11-4-9(12)10(13)3-8(7)11;/h3-6,15H,2,14H2,1H3;1H. The Morgan fingerprint density at radius 2 is 2.19 bits per heavy atom. The lowest BCUT2D eigenvalue weighted by molar-refractivity contribution is 0.630. The second-order valence-corrected chi connectivity index (χ2v) is 4.21. The molecular weight excluding hydrogens is 250 g/mol. The third kappa shape index (κ3) is 2.48. The fraction of sp³-hybridized carbons (Fsp3) is 0.273. The number of aromatic amines is 1. The molecular formula is C11H13Cl2FN2. The van der Waals surface area contributed by atoms with Crippen molar-refractivity contribution in [1.29, 1.82) is 0 Å². The summed E-state index contributed by atoms with van der Waals surface area (Å²) in [6.45, 7) is 1.92. The zero-order valence-electron chi connectivity index (χ0n) is 8.76. The Labute approximate surface area is 104 Å². The van der Waals surface area contributed by atoms with E-state index in [1.54, 1.807) is 6.07 Å². The van der Waals surface area contributed by atoms with Crippen LogP contribution in [-0.2, 0) is 6.42 Å². The first-order chi connectivity index (χ1) is 7.08. The summed E-state index contributed by atoms with van der Waals surface area (Å²) in [7, 11) is 0. The lowest BCUT2D eigenvalue weighted by Crippen LogP contribution is -2.17. The molecule has 0 saturated carbocycles. The third-order valence-corrected chi connectivity index (χ3v) is 2.64. The van der Waals surface area contributed by atoms with E-state index in [1.165, 1.54) is 6.07 Å². The van der Waals surface area contributed by atoms with Crippen LogP contribution in [0.1, 0.15) is 12.5 Å². The fourth-order valence-electron chi connectivity index (χ4n) is 1.69. The van der Waals surface area contributed by atoms with Gasteiger partial charge in [0.25, 0.3) is 0 Å². The van der Waals surface area contributed by atoms with Crippen LogP contribution >= 0.6 is 24.0 Å². The highest BCUT2D eigenvalue weighted by molar-refractivity contribution is 6.31. The molecule has 0 bridgehead atoms. The van der Waals surface area contributed by atoms with E-state index < -0.39 is 5.82 Å². The van der Waals surface area contributed by atoms with E-state index in [2.05, 4.69) is 4.98 Å². The highest BCUT2D eigenvalue weighted by Crippen LogP contribution is 2.25. The van der Waals surface area contributed by atoms with Gasteiger partial charge >= 0.3 is 0 Å². The molecule has 2 nitrogen and oxygen atoms in total. The van der Waals surface area contributed by atoms with Crippen molar-refractivity contribution in [2.45, 2.75) is 19.4 Å². The number of halogens is 3. The van der Waals surface area contributed by atoms with Crippen molar-refractivity contribution in [2.75, 3.05) is 0 Å². The minimum atomic E-state index is -0.394. The minimum absolute atomic E-state index is 0. The van der Waals surface area contributed by atoms with Crippen molar-refractivity contribution < 1.29 is 4.39 Å². The molecule has 0 aliphatic heterocycles. The summed E-state index contributed by atoms with van der Waals surface area (Å²) in [5.74, 6) is -0.394. The second kappa shape index (κ2) is 5.04. The maximum absolute atomic E-state index is 13.3. The van der Waals surface area contributed by atoms with Gasteiger partial charge in [0.05, 0.1) is 5.02 Å². The van der Waals surface area contributed by atoms with Crippen LogP contribution in [0.2, 0.25) is 5.02 Å². The number of rotatable bonds is 2. The van der Waals surface area contributed by atoms with Crippen LogP contribution in [0.15, 0.2) is 18.3 Å². The molecule has 0 aliphatic rings. The van der Waals surface area contributed by atoms with Crippen LogP contribution in [-0.4, -0.2) is 11.0 Å². The van der Waals surface area contributed by atoms with Gasteiger partial charge in [-0.15, -0.1) is 12.4 Å². The number of hydrogen-bond donors (Lipinski definition) is 2. The van der Waals surface area contributed by atoms with Gasteiger partial charge in [-0.1, -0.05) is 11.6 Å². The predicted octanol–water partition coefficient (Wildman–Crippen LogP) is 3.27. The predicted molar refractivity (Wildman–Crippen MR) is 67.9 cm³/mol. The zero-order valence-corrected chi connectivity index (χ0v) is 10.3. The summed E-state index contributed by atoms with van der Waals surface area (Å²) >= 11 is 5.68. The molecule has 0 amide bonds. The normalized spacial score (nSPS) is 12.5. The van der Waals surface area contributed by atoms with Gasteiger partial charge in [-0.25, -0.2) is 4.39 Å². The molecule has 1 unspecified atom stereocenters. The van der Waals surface area contributed by atoms with Gasteiger partial charge in [0.2, 0.25) is 0 Å². The first-order valence-corrected chi connectivity index (χ1v) is 5.16. The first kappa shape index (κ1) is 13.3. The first-order valence-electron chi connectivity index (χ1n) is 4.78. The highest BCUT2D eigenvalue weighted by Gasteiger charge is 2.09. The SMILES string of the molecule is CC(N)Cc1c[nH]c2cc(Cl)c(F)cc12.Cl. The summed E-state index contributed by atoms with van der Waals surface area (Å²) in [6.07, 6.45) is 2.57. The monoisotopic (exact) mass is 262 g/mol. The van der Waals surface area contributed by atoms with Gasteiger partial charge in [0.15, 0.2) is 0 Å². The van der Waals surface area contributed by atoms with Crippen LogP contribution in [0.4, 0.5) is 4.39 Å². The van der Waals surface area contributed by atoms with Crippen molar-refractivity contribution >= 4 is 34.9 Å². The molecule has 2 rings (SSSR count). The average Bonchev–Trinajstić information content (AvgIpc) is 2.49. The molecule has 0 saturated heterocycles. The smallest absolute Gasteiger partial charge is 0.142 e. The number of hydrogen-bond acceptors (Lipinski definition) is 1. The van der Waals surface area contributed by atoms with E-state index in [-0.39, 0.29) is 23.5 Å². The van der Waals surface area contributed by atoms with E-state index in [0.717, 1.165) is 22.9 Å². The maximum Gasteiger partial charge on any atom is 0.142 e. The number of aromatic nitrogens is 1. The molecule has 0 aliphatic carbocycles. The number of nitrogens with one attached hydrogen (secondary N) is 1. The van der Waals surface area contributed by atoms with Gasteiger partial charge in [0, 0.05) is 23.1 Å². The van der Waals surface area contributed by atoms with E-state index >= 15 is 0 Å². The highest BCUT2D eigenvalue weighted by atomic mass is 35.5. The summed E-state index contributed by atoms with van der Waals surface area (Å²) in [4.78, 5) is 3.05. The van der Waals surface area contributed by atoms with Crippen LogP contribution in [0.5, 0.6) is 0 Å². The van der Waals surface area contributed by atoms with Gasteiger partial charge in [0.1, 0.15) is 5.82 Å². The molecule has 16 heavy (non-hydrogen) atoms. The molecule has 3 N–H and O–H groups in total. The molecule has 1 aromatic carbocycles.